The molecule has 0 spiro atoms. The van der Waals surface area contributed by atoms with Crippen molar-refractivity contribution in [2.24, 2.45) is 35.5 Å². The number of hydrogen-bond acceptors (Lipinski definition) is 14. The van der Waals surface area contributed by atoms with Crippen molar-refractivity contribution in [1.29, 1.82) is 0 Å². The number of carbonyl (C=O) groups excluding carboxylic acids is 7. The Bertz CT molecular complexity index is 2670. The third kappa shape index (κ3) is 25.9. The summed E-state index contributed by atoms with van der Waals surface area (Å²) in [5, 5.41) is 18.8. The summed E-state index contributed by atoms with van der Waals surface area (Å²) in [4.78, 5) is 97.5. The molecule has 0 aromatic carbocycles. The number of nitrogens with zero attached hydrogens (tertiary/aromatic N) is 6. The van der Waals surface area contributed by atoms with Gasteiger partial charge >= 0.3 is 5.97 Å². The number of rotatable bonds is 13. The van der Waals surface area contributed by atoms with Crippen LogP contribution in [0.1, 0.15) is 208 Å². The van der Waals surface area contributed by atoms with Crippen LogP contribution < -0.4 is 31.9 Å². The van der Waals surface area contributed by atoms with Crippen molar-refractivity contribution in [3.63, 3.8) is 0 Å². The number of amides is 6. The first-order valence-corrected chi connectivity index (χ1v) is 39.4. The summed E-state index contributed by atoms with van der Waals surface area (Å²) in [7, 11) is 12.6. The summed E-state index contributed by atoms with van der Waals surface area (Å²) >= 11 is 0. The van der Waals surface area contributed by atoms with E-state index in [0.717, 1.165) is 155 Å². The van der Waals surface area contributed by atoms with Crippen molar-refractivity contribution >= 4 is 41.4 Å². The second-order valence-corrected chi connectivity index (χ2v) is 31.2. The number of esters is 1. The fourth-order valence-electron chi connectivity index (χ4n) is 16.2. The molecule has 566 valence electrons. The highest BCUT2D eigenvalue weighted by Gasteiger charge is 2.38. The maximum absolute atomic E-state index is 12.6. The summed E-state index contributed by atoms with van der Waals surface area (Å²) in [5.74, 6) is 4.67. The van der Waals surface area contributed by atoms with Crippen LogP contribution in [0.25, 0.3) is 0 Å². The van der Waals surface area contributed by atoms with Gasteiger partial charge in [-0.2, -0.15) is 0 Å². The molecule has 0 bridgehead atoms. The van der Waals surface area contributed by atoms with Gasteiger partial charge in [0.25, 0.3) is 0 Å². The number of methoxy groups -OCH3 is 1. The van der Waals surface area contributed by atoms with Gasteiger partial charge in [0.15, 0.2) is 0 Å². The summed E-state index contributed by atoms with van der Waals surface area (Å²) in [6, 6.07) is 1.77. The Labute approximate surface area is 604 Å². The van der Waals surface area contributed by atoms with Crippen LogP contribution in [0.15, 0.2) is 60.8 Å². The second-order valence-electron chi connectivity index (χ2n) is 31.2. The summed E-state index contributed by atoms with van der Waals surface area (Å²) in [5.41, 5.74) is 0. The smallest absolute Gasteiger partial charge is 0.325 e. The van der Waals surface area contributed by atoms with Gasteiger partial charge in [-0.3, -0.25) is 33.6 Å². The molecule has 6 amide bonds. The molecule has 17 unspecified atom stereocenters. The summed E-state index contributed by atoms with van der Waals surface area (Å²) in [6.45, 7) is 18.7. The van der Waals surface area contributed by atoms with Crippen molar-refractivity contribution in [2.45, 2.75) is 275 Å². The maximum atomic E-state index is 12.6. The third-order valence-corrected chi connectivity index (χ3v) is 22.9. The molecular formula is C80H138N12O8. The number of likely N-dealkylation sites (N-methyl/N-ethyl adjacent to an activating group) is 6. The lowest BCUT2D eigenvalue weighted by atomic mass is 10.00. The van der Waals surface area contributed by atoms with Crippen LogP contribution in [-0.4, -0.2) is 232 Å². The van der Waals surface area contributed by atoms with E-state index in [1.807, 2.05) is 35.2 Å². The van der Waals surface area contributed by atoms with Gasteiger partial charge in [0.2, 0.25) is 35.4 Å². The van der Waals surface area contributed by atoms with Gasteiger partial charge in [-0.25, -0.2) is 0 Å². The molecule has 6 saturated heterocycles. The van der Waals surface area contributed by atoms with E-state index < -0.39 is 0 Å². The van der Waals surface area contributed by atoms with Crippen LogP contribution in [0.5, 0.6) is 0 Å². The van der Waals surface area contributed by atoms with Gasteiger partial charge in [-0.1, -0.05) is 109 Å². The van der Waals surface area contributed by atoms with Gasteiger partial charge in [-0.05, 0) is 238 Å². The lowest BCUT2D eigenvalue weighted by Gasteiger charge is -2.34. The van der Waals surface area contributed by atoms with Crippen LogP contribution >= 0.6 is 0 Å². The third-order valence-electron chi connectivity index (χ3n) is 22.9. The van der Waals surface area contributed by atoms with Gasteiger partial charge in [0.1, 0.15) is 6.54 Å². The van der Waals surface area contributed by atoms with E-state index in [9.17, 15) is 33.6 Å². The fourth-order valence-corrected chi connectivity index (χ4v) is 16.2. The minimum Gasteiger partial charge on any atom is -0.468 e. The quantitative estimate of drug-likeness (QED) is 0.0748. The molecule has 0 aromatic heterocycles. The Hall–Kier alpha value is -5.25. The van der Waals surface area contributed by atoms with Crippen LogP contribution in [0.3, 0.4) is 0 Å². The molecule has 0 radical (unpaired) electrons. The maximum Gasteiger partial charge on any atom is 0.325 e. The molecule has 6 heterocycles. The second kappa shape index (κ2) is 44.4. The number of hydrogen-bond donors (Lipinski definition) is 6. The Kier molecular flexibility index (Phi) is 37.2. The van der Waals surface area contributed by atoms with Crippen molar-refractivity contribution in [3.05, 3.63) is 60.8 Å². The zero-order valence-electron chi connectivity index (χ0n) is 64.4. The number of likely N-dealkylation sites (tertiary alicyclic amines) is 6. The molecule has 6 N–H and O–H groups in total. The highest BCUT2D eigenvalue weighted by atomic mass is 16.5. The molecule has 11 aliphatic rings. The van der Waals surface area contributed by atoms with E-state index in [4.69, 9.17) is 0 Å². The van der Waals surface area contributed by atoms with Crippen LogP contribution in [0.4, 0.5) is 0 Å². The van der Waals surface area contributed by atoms with Crippen molar-refractivity contribution < 1.29 is 38.3 Å². The molecule has 20 heteroatoms. The molecule has 6 fully saturated rings. The Morgan fingerprint density at radius 2 is 0.670 bits per heavy atom. The van der Waals surface area contributed by atoms with Crippen LogP contribution in [-0.2, 0) is 38.3 Å². The molecule has 0 saturated carbocycles. The first-order valence-electron chi connectivity index (χ1n) is 39.4. The van der Waals surface area contributed by atoms with Crippen molar-refractivity contribution in [2.75, 3.05) is 95.2 Å². The van der Waals surface area contributed by atoms with Crippen LogP contribution in [0, 0.1) is 35.5 Å². The number of carbonyl (C=O) groups is 7. The fraction of sp³-hybridized carbons (Fsp3) is 0.787. The lowest BCUT2D eigenvalue weighted by molar-refractivity contribution is -0.147. The van der Waals surface area contributed by atoms with Gasteiger partial charge in [0, 0.05) is 45.3 Å². The SMILES string of the molecule is CNC1CCC(C)CN(C2C=CC2)C1=O.CNC1CCC(C)CN(C2C=CCC2)C1=O.CNC1CCC(C)CN(C2C=CCCC2)C1=O.CNC1CCC(C)CN(C2C=CCCCC2)C1=O.CNC1CCC(C)CN(C2CC=CCCC2)C1=O.CNC1CCC(C)CN(CC(=O)OC)C1=O. The van der Waals surface area contributed by atoms with E-state index in [1.54, 1.807) is 11.9 Å². The molecular weight excluding hydrogens is 1260 g/mol. The average molecular weight is 1400 g/mol. The molecule has 17 atom stereocenters. The summed E-state index contributed by atoms with van der Waals surface area (Å²) in [6.07, 6.45) is 50.7. The zero-order valence-corrected chi connectivity index (χ0v) is 64.4. The van der Waals surface area contributed by atoms with E-state index in [1.165, 1.54) is 52.1 Å². The van der Waals surface area contributed by atoms with Crippen molar-refractivity contribution in [3.8, 4) is 0 Å². The Morgan fingerprint density at radius 1 is 0.340 bits per heavy atom. The number of ether oxygens (including phenoxy) is 1. The minimum atomic E-state index is -0.364. The molecule has 20 nitrogen and oxygen atoms in total. The minimum absolute atomic E-state index is 0.00255. The highest BCUT2D eigenvalue weighted by Crippen LogP contribution is 2.30. The number of nitrogens with one attached hydrogen (secondary N) is 6. The predicted octanol–water partition coefficient (Wildman–Crippen LogP) is 9.32. The topological polar surface area (TPSA) is 220 Å². The van der Waals surface area contributed by atoms with Crippen LogP contribution in [0.2, 0.25) is 0 Å². The Morgan fingerprint density at radius 3 is 1.04 bits per heavy atom. The normalized spacial score (nSPS) is 33.6. The van der Waals surface area contributed by atoms with Gasteiger partial charge < -0.3 is 66.0 Å². The summed E-state index contributed by atoms with van der Waals surface area (Å²) < 4.78 is 4.59. The van der Waals surface area contributed by atoms with Crippen molar-refractivity contribution in [1.82, 2.24) is 61.3 Å². The average Bonchev–Trinajstić information content (AvgIpc) is 0.998. The van der Waals surface area contributed by atoms with E-state index in [0.29, 0.717) is 95.9 Å². The van der Waals surface area contributed by atoms with Gasteiger partial charge in [-0.15, -0.1) is 0 Å². The first kappa shape index (κ1) is 83.7. The molecule has 0 aromatic rings. The standard InChI is InChI=1S/2C15H26N2O.C14H24N2O.C13H22N2O.C12H20N2O.C11H20N2O3/c2*1-12-9-10-14(16-2)15(18)17(11-12)13-7-5-3-4-6-8-13;1-11-8-9-13(15-2)14(17)16(10-11)12-6-4-3-5-7-12;1-10-7-8-12(14-2)13(16)15(9-10)11-5-3-4-6-11;1-9-6-7-11(13-2)12(15)14(8-9)10-4-3-5-10;1-8-4-5-9(12-2)11(15)13(6-8)7-10(14)16-3/h5,7,12-14,16H,3-4,6,8-11H2,1-2H3;3,5,12-14,16H,4,6-11H2,1-2H3;4,6,11-13,15H,3,5,7-10H2,1-2H3;3,5,10-12,14H,4,6-9H2,1-2H3;3-4,9-11,13H,5-8H2,1-2H3;8-9,12H,4-7H2,1-3H3. The first-order chi connectivity index (χ1) is 48.2. The predicted molar refractivity (Wildman–Crippen MR) is 404 cm³/mol. The van der Waals surface area contributed by atoms with Gasteiger partial charge in [0.05, 0.1) is 67.5 Å². The number of allylic oxidation sites excluding steroid dienone is 4. The lowest BCUT2D eigenvalue weighted by Crippen LogP contribution is -2.49. The highest BCUT2D eigenvalue weighted by molar-refractivity contribution is 5.87. The van der Waals surface area contributed by atoms with E-state index in [-0.39, 0.29) is 60.6 Å². The zero-order chi connectivity index (χ0) is 72.7. The Balaban J connectivity index is 0.000000189. The molecule has 5 aliphatic carbocycles. The van der Waals surface area contributed by atoms with E-state index in [2.05, 4.69) is 163 Å². The molecule has 11 rings (SSSR count). The molecule has 100 heavy (non-hydrogen) atoms. The van der Waals surface area contributed by atoms with E-state index >= 15 is 0 Å². The monoisotopic (exact) mass is 1400 g/mol. The molecule has 6 aliphatic heterocycles. The largest absolute Gasteiger partial charge is 0.468 e.